The van der Waals surface area contributed by atoms with E-state index in [1.165, 1.54) is 4.90 Å². The van der Waals surface area contributed by atoms with E-state index in [0.717, 1.165) is 23.7 Å². The Bertz CT molecular complexity index is 664. The first kappa shape index (κ1) is 12.7. The molecule has 3 rings (SSSR count). The molecular formula is C14H15N3O3. The first-order chi connectivity index (χ1) is 9.66. The number of carboxylic acid groups (broad SMARTS) is 1. The van der Waals surface area contributed by atoms with Gasteiger partial charge in [0.25, 0.3) is 5.91 Å². The summed E-state index contributed by atoms with van der Waals surface area (Å²) < 4.78 is 0. The zero-order valence-electron chi connectivity index (χ0n) is 10.9. The van der Waals surface area contributed by atoms with Crippen LogP contribution in [-0.4, -0.2) is 44.7 Å². The second-order valence-corrected chi connectivity index (χ2v) is 5.02. The molecule has 1 aliphatic rings. The Morgan fingerprint density at radius 3 is 3.00 bits per heavy atom. The summed E-state index contributed by atoms with van der Waals surface area (Å²) in [7, 11) is 0. The first-order valence-electron chi connectivity index (χ1n) is 6.64. The highest BCUT2D eigenvalue weighted by molar-refractivity contribution is 5.99. The smallest absolute Gasteiger partial charge is 0.326 e. The highest BCUT2D eigenvalue weighted by atomic mass is 16.4. The molecule has 6 heteroatoms. The van der Waals surface area contributed by atoms with Crippen LogP contribution in [-0.2, 0) is 4.79 Å². The van der Waals surface area contributed by atoms with Crippen molar-refractivity contribution in [1.29, 1.82) is 0 Å². The normalized spacial score (nSPS) is 19.2. The first-order valence-corrected chi connectivity index (χ1v) is 6.64. The number of amides is 1. The predicted molar refractivity (Wildman–Crippen MR) is 72.4 cm³/mol. The van der Waals surface area contributed by atoms with Crippen molar-refractivity contribution in [1.82, 2.24) is 15.1 Å². The molecule has 20 heavy (non-hydrogen) atoms. The fourth-order valence-electron chi connectivity index (χ4n) is 2.67. The van der Waals surface area contributed by atoms with Crippen LogP contribution in [0.5, 0.6) is 0 Å². The van der Waals surface area contributed by atoms with Crippen molar-refractivity contribution in [3.05, 3.63) is 30.0 Å². The summed E-state index contributed by atoms with van der Waals surface area (Å²) in [6.07, 6.45) is 3.90. The van der Waals surface area contributed by atoms with Gasteiger partial charge in [0.1, 0.15) is 6.04 Å². The van der Waals surface area contributed by atoms with Crippen molar-refractivity contribution in [3.8, 4) is 0 Å². The van der Waals surface area contributed by atoms with E-state index in [-0.39, 0.29) is 5.91 Å². The number of carbonyl (C=O) groups excluding carboxylic acids is 1. The van der Waals surface area contributed by atoms with Crippen LogP contribution in [0.2, 0.25) is 0 Å². The molecule has 1 amide bonds. The van der Waals surface area contributed by atoms with Crippen molar-refractivity contribution in [2.75, 3.05) is 6.54 Å². The SMILES string of the molecule is O=C(O)C1CCCCN1C(=O)c1ccc2cn[nH]c2c1. The van der Waals surface area contributed by atoms with Gasteiger partial charge in [-0.15, -0.1) is 0 Å². The number of nitrogens with one attached hydrogen (secondary N) is 1. The van der Waals surface area contributed by atoms with Crippen LogP contribution in [0.3, 0.4) is 0 Å². The number of hydrogen-bond donors (Lipinski definition) is 2. The molecule has 104 valence electrons. The molecule has 6 nitrogen and oxygen atoms in total. The Hall–Kier alpha value is -2.37. The monoisotopic (exact) mass is 273 g/mol. The lowest BCUT2D eigenvalue weighted by atomic mass is 10.0. The van der Waals surface area contributed by atoms with Gasteiger partial charge >= 0.3 is 5.97 Å². The molecule has 1 atom stereocenters. The minimum absolute atomic E-state index is 0.228. The third-order valence-electron chi connectivity index (χ3n) is 3.74. The van der Waals surface area contributed by atoms with Gasteiger partial charge < -0.3 is 10.0 Å². The Morgan fingerprint density at radius 2 is 2.20 bits per heavy atom. The maximum absolute atomic E-state index is 12.5. The summed E-state index contributed by atoms with van der Waals surface area (Å²) in [4.78, 5) is 25.2. The number of piperidine rings is 1. The minimum Gasteiger partial charge on any atom is -0.480 e. The number of likely N-dealkylation sites (tertiary alicyclic amines) is 1. The van der Waals surface area contributed by atoms with Crippen LogP contribution >= 0.6 is 0 Å². The summed E-state index contributed by atoms with van der Waals surface area (Å²) >= 11 is 0. The molecule has 2 heterocycles. The number of nitrogens with zero attached hydrogens (tertiary/aromatic N) is 2. The summed E-state index contributed by atoms with van der Waals surface area (Å²) in [5, 5.41) is 16.9. The number of carbonyl (C=O) groups is 2. The third kappa shape index (κ3) is 2.13. The van der Waals surface area contributed by atoms with Gasteiger partial charge in [0.2, 0.25) is 0 Å². The van der Waals surface area contributed by atoms with E-state index in [1.807, 2.05) is 6.07 Å². The Kier molecular flexibility index (Phi) is 3.14. The van der Waals surface area contributed by atoms with Gasteiger partial charge in [-0.3, -0.25) is 9.89 Å². The van der Waals surface area contributed by atoms with Crippen LogP contribution < -0.4 is 0 Å². The molecule has 1 aromatic carbocycles. The van der Waals surface area contributed by atoms with Gasteiger partial charge in [-0.2, -0.15) is 5.10 Å². The second kappa shape index (κ2) is 4.96. The molecule has 1 unspecified atom stereocenters. The van der Waals surface area contributed by atoms with Crippen LogP contribution in [0.4, 0.5) is 0 Å². The van der Waals surface area contributed by atoms with Crippen LogP contribution in [0, 0.1) is 0 Å². The topological polar surface area (TPSA) is 86.3 Å². The quantitative estimate of drug-likeness (QED) is 0.871. The Balaban J connectivity index is 1.91. The Morgan fingerprint density at radius 1 is 1.35 bits per heavy atom. The van der Waals surface area contributed by atoms with Gasteiger partial charge in [-0.1, -0.05) is 6.07 Å². The fraction of sp³-hybridized carbons (Fsp3) is 0.357. The van der Waals surface area contributed by atoms with Crippen molar-refractivity contribution >= 4 is 22.8 Å². The molecule has 1 saturated heterocycles. The number of hydrogen-bond acceptors (Lipinski definition) is 3. The average molecular weight is 273 g/mol. The van der Waals surface area contributed by atoms with Crippen molar-refractivity contribution in [2.24, 2.45) is 0 Å². The van der Waals surface area contributed by atoms with Gasteiger partial charge in [-0.25, -0.2) is 4.79 Å². The van der Waals surface area contributed by atoms with Gasteiger partial charge in [0.05, 0.1) is 11.7 Å². The van der Waals surface area contributed by atoms with E-state index < -0.39 is 12.0 Å². The van der Waals surface area contributed by atoms with Crippen molar-refractivity contribution in [2.45, 2.75) is 25.3 Å². The summed E-state index contributed by atoms with van der Waals surface area (Å²) in [6.45, 7) is 0.497. The third-order valence-corrected chi connectivity index (χ3v) is 3.74. The van der Waals surface area contributed by atoms with E-state index in [0.29, 0.717) is 18.5 Å². The molecule has 0 spiro atoms. The molecular weight excluding hydrogens is 258 g/mol. The molecule has 0 bridgehead atoms. The van der Waals surface area contributed by atoms with Gasteiger partial charge in [0.15, 0.2) is 0 Å². The number of aromatic amines is 1. The number of carboxylic acids is 1. The van der Waals surface area contributed by atoms with E-state index >= 15 is 0 Å². The molecule has 2 N–H and O–H groups in total. The van der Waals surface area contributed by atoms with Crippen LogP contribution in [0.1, 0.15) is 29.6 Å². The van der Waals surface area contributed by atoms with E-state index in [2.05, 4.69) is 10.2 Å². The summed E-state index contributed by atoms with van der Waals surface area (Å²) in [5.74, 6) is -1.16. The molecule has 2 aromatic rings. The standard InChI is InChI=1S/C14H15N3O3/c18-13(17-6-2-1-3-12(17)14(19)20)9-4-5-10-8-15-16-11(10)7-9/h4-5,7-8,12H,1-3,6H2,(H,15,16)(H,19,20). The largest absolute Gasteiger partial charge is 0.480 e. The van der Waals surface area contributed by atoms with Gasteiger partial charge in [0, 0.05) is 17.5 Å². The number of fused-ring (bicyclic) bond motifs is 1. The number of aliphatic carboxylic acids is 1. The lowest BCUT2D eigenvalue weighted by molar-refractivity contribution is -0.143. The zero-order valence-corrected chi connectivity index (χ0v) is 10.9. The average Bonchev–Trinajstić information content (AvgIpc) is 2.93. The highest BCUT2D eigenvalue weighted by Gasteiger charge is 2.32. The number of H-pyrrole nitrogens is 1. The number of benzene rings is 1. The van der Waals surface area contributed by atoms with E-state index in [1.54, 1.807) is 18.3 Å². The van der Waals surface area contributed by atoms with Crippen molar-refractivity contribution in [3.63, 3.8) is 0 Å². The predicted octanol–water partition coefficient (Wildman–Crippen LogP) is 1.64. The summed E-state index contributed by atoms with van der Waals surface area (Å²) in [5.41, 5.74) is 1.27. The van der Waals surface area contributed by atoms with E-state index in [9.17, 15) is 14.7 Å². The lowest BCUT2D eigenvalue weighted by Crippen LogP contribution is -2.47. The minimum atomic E-state index is -0.930. The highest BCUT2D eigenvalue weighted by Crippen LogP contribution is 2.21. The van der Waals surface area contributed by atoms with Crippen LogP contribution in [0.15, 0.2) is 24.4 Å². The Labute approximate surface area is 115 Å². The molecule has 1 aromatic heterocycles. The fourth-order valence-corrected chi connectivity index (χ4v) is 2.67. The molecule has 0 radical (unpaired) electrons. The van der Waals surface area contributed by atoms with Crippen molar-refractivity contribution < 1.29 is 14.7 Å². The molecule has 0 saturated carbocycles. The molecule has 1 aliphatic heterocycles. The summed E-state index contributed by atoms with van der Waals surface area (Å²) in [6, 6.07) is 4.53. The van der Waals surface area contributed by atoms with Crippen LogP contribution in [0.25, 0.3) is 10.9 Å². The zero-order chi connectivity index (χ0) is 14.1. The second-order valence-electron chi connectivity index (χ2n) is 5.02. The number of aromatic nitrogens is 2. The lowest BCUT2D eigenvalue weighted by Gasteiger charge is -2.33. The number of rotatable bonds is 2. The maximum Gasteiger partial charge on any atom is 0.326 e. The van der Waals surface area contributed by atoms with Gasteiger partial charge in [-0.05, 0) is 31.4 Å². The maximum atomic E-state index is 12.5. The molecule has 0 aliphatic carbocycles. The molecule has 1 fully saturated rings. The van der Waals surface area contributed by atoms with E-state index in [4.69, 9.17) is 0 Å².